The summed E-state index contributed by atoms with van der Waals surface area (Å²) in [6, 6.07) is 5.11. The predicted octanol–water partition coefficient (Wildman–Crippen LogP) is 3.41. The van der Waals surface area contributed by atoms with Crippen molar-refractivity contribution >= 4 is 39.5 Å². The highest BCUT2D eigenvalue weighted by Gasteiger charge is 2.62. The number of anilines is 1. The molecule has 0 saturated heterocycles. The van der Waals surface area contributed by atoms with Gasteiger partial charge < -0.3 is 25.3 Å². The van der Waals surface area contributed by atoms with Gasteiger partial charge in [0.1, 0.15) is 22.3 Å². The van der Waals surface area contributed by atoms with Gasteiger partial charge in [-0.25, -0.2) is 9.59 Å². The lowest BCUT2D eigenvalue weighted by molar-refractivity contribution is -0.145. The molecule has 1 spiro atoms. The Hall–Kier alpha value is -2.81. The second-order valence-corrected chi connectivity index (χ2v) is 8.37. The first-order chi connectivity index (χ1) is 14.7. The maximum Gasteiger partial charge on any atom is 0.341 e. The third-order valence-corrected chi connectivity index (χ3v) is 5.48. The molecule has 3 rings (SSSR count). The molecule has 166 valence electrons. The highest BCUT2D eigenvalue weighted by Crippen LogP contribution is 2.53. The van der Waals surface area contributed by atoms with Gasteiger partial charge in [0.2, 0.25) is 11.8 Å². The summed E-state index contributed by atoms with van der Waals surface area (Å²) in [5, 5.41) is 2.78. The van der Waals surface area contributed by atoms with Crippen LogP contribution in [0.2, 0.25) is 0 Å². The topological polar surface area (TPSA) is 117 Å². The molecule has 0 radical (unpaired) electrons. The Kier molecular flexibility index (Phi) is 6.45. The first kappa shape index (κ1) is 22.9. The summed E-state index contributed by atoms with van der Waals surface area (Å²) in [6.07, 6.45) is 0.448. The number of halogens is 1. The van der Waals surface area contributed by atoms with Crippen LogP contribution in [0.15, 0.2) is 45.5 Å². The maximum absolute atomic E-state index is 13.6. The number of esters is 2. The lowest BCUT2D eigenvalue weighted by atomic mass is 9.67. The van der Waals surface area contributed by atoms with E-state index in [0.29, 0.717) is 28.6 Å². The minimum atomic E-state index is -1.86. The normalized spacial score (nSPS) is 20.0. The van der Waals surface area contributed by atoms with Crippen molar-refractivity contribution in [3.63, 3.8) is 0 Å². The van der Waals surface area contributed by atoms with Gasteiger partial charge >= 0.3 is 11.9 Å². The highest BCUT2D eigenvalue weighted by atomic mass is 79.9. The van der Waals surface area contributed by atoms with Gasteiger partial charge in [0.05, 0.1) is 12.7 Å². The van der Waals surface area contributed by atoms with Gasteiger partial charge in [0.15, 0.2) is 0 Å². The first-order valence-corrected chi connectivity index (χ1v) is 10.9. The van der Waals surface area contributed by atoms with Crippen LogP contribution in [0.4, 0.5) is 5.69 Å². The molecule has 31 heavy (non-hydrogen) atoms. The fourth-order valence-electron chi connectivity index (χ4n) is 3.92. The molecule has 8 nitrogen and oxygen atoms in total. The fraction of sp³-hybridized carbons (Fsp3) is 0.409. The molecule has 2 aliphatic rings. The molecule has 1 aromatic carbocycles. The number of amides is 1. The van der Waals surface area contributed by atoms with Crippen molar-refractivity contribution in [3.05, 3.63) is 51.0 Å². The molecule has 0 unspecified atom stereocenters. The van der Waals surface area contributed by atoms with Crippen molar-refractivity contribution in [1.82, 2.24) is 0 Å². The third-order valence-electron chi connectivity index (χ3n) is 4.99. The van der Waals surface area contributed by atoms with Crippen LogP contribution in [0.5, 0.6) is 0 Å². The van der Waals surface area contributed by atoms with Gasteiger partial charge in [0.25, 0.3) is 0 Å². The van der Waals surface area contributed by atoms with Crippen molar-refractivity contribution in [2.24, 2.45) is 5.73 Å². The number of carbonyl (C=O) groups is 3. The van der Waals surface area contributed by atoms with Gasteiger partial charge in [0, 0.05) is 22.1 Å². The van der Waals surface area contributed by atoms with Crippen LogP contribution in [0.25, 0.3) is 0 Å². The molecule has 1 atom stereocenters. The SMILES string of the molecule is CCCC1=C(C(=O)OCC)[C@@]2(C(=O)Nc3ccc(Br)cc32)C(C(=O)OC(C)C)=C(N)O1. The number of carbonyl (C=O) groups excluding carboxylic acids is 3. The molecule has 0 aliphatic carbocycles. The molecule has 0 aromatic heterocycles. The second-order valence-electron chi connectivity index (χ2n) is 7.46. The summed E-state index contributed by atoms with van der Waals surface area (Å²) in [5.41, 5.74) is 4.90. The molecule has 2 heterocycles. The average molecular weight is 493 g/mol. The summed E-state index contributed by atoms with van der Waals surface area (Å²) in [4.78, 5) is 40.0. The van der Waals surface area contributed by atoms with E-state index in [1.54, 1.807) is 39.0 Å². The Morgan fingerprint density at radius 1 is 1.23 bits per heavy atom. The Morgan fingerprint density at radius 3 is 2.55 bits per heavy atom. The number of hydrogen-bond acceptors (Lipinski definition) is 7. The van der Waals surface area contributed by atoms with Crippen molar-refractivity contribution in [3.8, 4) is 0 Å². The number of allylic oxidation sites excluding steroid dienone is 1. The van der Waals surface area contributed by atoms with E-state index in [-0.39, 0.29) is 29.4 Å². The van der Waals surface area contributed by atoms with E-state index in [4.69, 9.17) is 19.9 Å². The number of hydrogen-bond donors (Lipinski definition) is 2. The van der Waals surface area contributed by atoms with Crippen LogP contribution < -0.4 is 11.1 Å². The molecule has 0 saturated carbocycles. The molecule has 1 aromatic rings. The fourth-order valence-corrected chi connectivity index (χ4v) is 4.29. The number of ether oxygens (including phenoxy) is 3. The molecule has 2 aliphatic heterocycles. The molecular weight excluding hydrogens is 468 g/mol. The zero-order valence-electron chi connectivity index (χ0n) is 17.8. The van der Waals surface area contributed by atoms with Crippen LogP contribution in [0, 0.1) is 0 Å². The summed E-state index contributed by atoms with van der Waals surface area (Å²) in [7, 11) is 0. The summed E-state index contributed by atoms with van der Waals surface area (Å²) >= 11 is 3.41. The van der Waals surface area contributed by atoms with E-state index in [9.17, 15) is 14.4 Å². The van der Waals surface area contributed by atoms with Crippen molar-refractivity contribution in [2.75, 3.05) is 11.9 Å². The number of benzene rings is 1. The van der Waals surface area contributed by atoms with E-state index in [2.05, 4.69) is 21.2 Å². The third kappa shape index (κ3) is 3.71. The minimum absolute atomic E-state index is 0.0598. The second kappa shape index (κ2) is 8.74. The number of nitrogens with one attached hydrogen (secondary N) is 1. The lowest BCUT2D eigenvalue weighted by Gasteiger charge is -2.36. The van der Waals surface area contributed by atoms with Gasteiger partial charge in [-0.2, -0.15) is 0 Å². The van der Waals surface area contributed by atoms with E-state index in [1.807, 2.05) is 6.92 Å². The van der Waals surface area contributed by atoms with Crippen LogP contribution >= 0.6 is 15.9 Å². The Morgan fingerprint density at radius 2 is 1.94 bits per heavy atom. The predicted molar refractivity (Wildman–Crippen MR) is 117 cm³/mol. The number of rotatable bonds is 6. The minimum Gasteiger partial charge on any atom is -0.462 e. The lowest BCUT2D eigenvalue weighted by Crippen LogP contribution is -2.49. The quantitative estimate of drug-likeness (QED) is 0.584. The largest absolute Gasteiger partial charge is 0.462 e. The first-order valence-electron chi connectivity index (χ1n) is 10.1. The van der Waals surface area contributed by atoms with Crippen molar-refractivity contribution in [1.29, 1.82) is 0 Å². The summed E-state index contributed by atoms with van der Waals surface area (Å²) in [6.45, 7) is 6.98. The molecule has 3 N–H and O–H groups in total. The van der Waals surface area contributed by atoms with Gasteiger partial charge in [-0.05, 0) is 45.4 Å². The number of nitrogens with two attached hydrogens (primary N) is 1. The van der Waals surface area contributed by atoms with E-state index in [1.165, 1.54) is 0 Å². The smallest absolute Gasteiger partial charge is 0.341 e. The maximum atomic E-state index is 13.6. The average Bonchev–Trinajstić information content (AvgIpc) is 2.93. The van der Waals surface area contributed by atoms with Crippen molar-refractivity contribution in [2.45, 2.75) is 52.1 Å². The van der Waals surface area contributed by atoms with Gasteiger partial charge in [-0.15, -0.1) is 0 Å². The van der Waals surface area contributed by atoms with E-state index < -0.39 is 29.4 Å². The number of fused-ring (bicyclic) bond motifs is 2. The van der Waals surface area contributed by atoms with Crippen LogP contribution in [-0.2, 0) is 34.0 Å². The standard InChI is InChI=1S/C22H25BrN2O6/c1-5-7-15-16(19(26)29-6-2)22(17(18(24)31-15)20(27)30-11(3)4)13-10-12(23)8-9-14(13)25-21(22)28/h8-11H,5-7,24H2,1-4H3,(H,25,28)/t22-/m1/s1. The van der Waals surface area contributed by atoms with Gasteiger partial charge in [-0.1, -0.05) is 22.9 Å². The zero-order chi connectivity index (χ0) is 22.9. The van der Waals surface area contributed by atoms with Crippen LogP contribution in [0.1, 0.15) is 46.1 Å². The molecular formula is C22H25BrN2O6. The summed E-state index contributed by atoms with van der Waals surface area (Å²) in [5.74, 6) is -2.27. The van der Waals surface area contributed by atoms with Crippen LogP contribution in [0.3, 0.4) is 0 Å². The van der Waals surface area contributed by atoms with Crippen molar-refractivity contribution < 1.29 is 28.6 Å². The monoisotopic (exact) mass is 492 g/mol. The van der Waals surface area contributed by atoms with E-state index >= 15 is 0 Å². The Bertz CT molecular complexity index is 1010. The zero-order valence-corrected chi connectivity index (χ0v) is 19.4. The Balaban J connectivity index is 2.41. The molecule has 9 heteroatoms. The molecule has 0 bridgehead atoms. The highest BCUT2D eigenvalue weighted by molar-refractivity contribution is 9.10. The Labute approximate surface area is 188 Å². The van der Waals surface area contributed by atoms with Gasteiger partial charge in [-0.3, -0.25) is 4.79 Å². The molecule has 0 fully saturated rings. The summed E-state index contributed by atoms with van der Waals surface area (Å²) < 4.78 is 17.1. The van der Waals surface area contributed by atoms with E-state index in [0.717, 1.165) is 0 Å². The molecule has 1 amide bonds. The van der Waals surface area contributed by atoms with Crippen LogP contribution in [-0.4, -0.2) is 30.6 Å².